The number of imidazole rings is 1. The van der Waals surface area contributed by atoms with E-state index in [1.54, 1.807) is 12.1 Å². The van der Waals surface area contributed by atoms with Gasteiger partial charge < -0.3 is 10.3 Å². The van der Waals surface area contributed by atoms with E-state index in [1.165, 1.54) is 23.4 Å². The molecule has 1 aliphatic heterocycles. The molecule has 0 spiro atoms. The third-order valence-electron chi connectivity index (χ3n) is 5.27. The predicted molar refractivity (Wildman–Crippen MR) is 117 cm³/mol. The van der Waals surface area contributed by atoms with Gasteiger partial charge in [-0.3, -0.25) is 14.9 Å². The lowest BCUT2D eigenvalue weighted by Crippen LogP contribution is -2.41. The molecule has 3 N–H and O–H groups in total. The van der Waals surface area contributed by atoms with Gasteiger partial charge in [-0.05, 0) is 49.2 Å². The zero-order valence-electron chi connectivity index (χ0n) is 17.0. The fourth-order valence-corrected chi connectivity index (χ4v) is 5.12. The van der Waals surface area contributed by atoms with Crippen LogP contribution in [0, 0.1) is 5.92 Å². The van der Waals surface area contributed by atoms with E-state index < -0.39 is 10.0 Å². The highest BCUT2D eigenvalue weighted by molar-refractivity contribution is 7.89. The Morgan fingerprint density at radius 2 is 1.71 bits per heavy atom. The van der Waals surface area contributed by atoms with Crippen LogP contribution < -0.4 is 10.6 Å². The van der Waals surface area contributed by atoms with Crippen molar-refractivity contribution < 1.29 is 18.0 Å². The van der Waals surface area contributed by atoms with Crippen LogP contribution in [0.5, 0.6) is 0 Å². The third-order valence-corrected chi connectivity index (χ3v) is 7.18. The highest BCUT2D eigenvalue weighted by Gasteiger charge is 2.32. The van der Waals surface area contributed by atoms with E-state index in [0.717, 1.165) is 11.0 Å². The van der Waals surface area contributed by atoms with E-state index >= 15 is 0 Å². The summed E-state index contributed by atoms with van der Waals surface area (Å²) in [5, 5.41) is 5.41. The summed E-state index contributed by atoms with van der Waals surface area (Å²) < 4.78 is 27.2. The van der Waals surface area contributed by atoms with Crippen molar-refractivity contribution in [3.63, 3.8) is 0 Å². The second-order valence-corrected chi connectivity index (χ2v) is 9.41. The normalized spacial score (nSPS) is 15.6. The third kappa shape index (κ3) is 4.59. The lowest BCUT2D eigenvalue weighted by atomic mass is 9.97. The number of aromatic nitrogens is 2. The molecule has 0 unspecified atom stereocenters. The number of amides is 2. The van der Waals surface area contributed by atoms with E-state index in [9.17, 15) is 18.0 Å². The lowest BCUT2D eigenvalue weighted by Gasteiger charge is -2.30. The number of piperidine rings is 1. The number of sulfonamides is 1. The zero-order valence-corrected chi connectivity index (χ0v) is 17.8. The Morgan fingerprint density at radius 3 is 2.35 bits per heavy atom. The summed E-state index contributed by atoms with van der Waals surface area (Å²) >= 11 is 0. The molecule has 0 radical (unpaired) electrons. The molecule has 2 aromatic carbocycles. The highest BCUT2D eigenvalue weighted by atomic mass is 32.2. The van der Waals surface area contributed by atoms with Crippen LogP contribution >= 0.6 is 0 Å². The van der Waals surface area contributed by atoms with Crippen LogP contribution in [-0.2, 0) is 19.6 Å². The summed E-state index contributed by atoms with van der Waals surface area (Å²) in [5.41, 5.74) is 2.14. The Kier molecular flexibility index (Phi) is 5.75. The maximum atomic E-state index is 12.9. The smallest absolute Gasteiger partial charge is 0.243 e. The Bertz CT molecular complexity index is 1180. The molecule has 9 nitrogen and oxygen atoms in total. The fourth-order valence-electron chi connectivity index (χ4n) is 3.65. The summed E-state index contributed by atoms with van der Waals surface area (Å²) in [4.78, 5) is 31.3. The standard InChI is InChI=1S/C21H23N5O4S/c1-14(27)22-16-6-8-17(9-7-16)31(29,30)26-12-10-15(11-13-26)20(28)25-21-23-18-4-2-3-5-19(18)24-21/h2-9,15H,10-13H2,1H3,(H,22,27)(H2,23,24,25,28). The summed E-state index contributed by atoms with van der Waals surface area (Å²) in [5.74, 6) is -0.295. The quantitative estimate of drug-likeness (QED) is 0.561. The molecule has 1 saturated heterocycles. The van der Waals surface area contributed by atoms with Crippen molar-refractivity contribution in [2.45, 2.75) is 24.7 Å². The minimum atomic E-state index is -3.66. The fraction of sp³-hybridized carbons (Fsp3) is 0.286. The maximum absolute atomic E-state index is 12.9. The van der Waals surface area contributed by atoms with Crippen LogP contribution in [0.1, 0.15) is 19.8 Å². The first kappa shape index (κ1) is 21.0. The number of carbonyl (C=O) groups is 2. The Balaban J connectivity index is 1.37. The maximum Gasteiger partial charge on any atom is 0.243 e. The molecular formula is C21H23N5O4S. The number of para-hydroxylation sites is 2. The minimum absolute atomic E-state index is 0.159. The van der Waals surface area contributed by atoms with E-state index in [-0.39, 0.29) is 35.7 Å². The first-order chi connectivity index (χ1) is 14.8. The van der Waals surface area contributed by atoms with E-state index in [4.69, 9.17) is 0 Å². The van der Waals surface area contributed by atoms with Crippen molar-refractivity contribution in [2.24, 2.45) is 5.92 Å². The molecule has 1 fully saturated rings. The second-order valence-electron chi connectivity index (χ2n) is 7.48. The molecule has 4 rings (SSSR count). The second kappa shape index (κ2) is 8.48. The van der Waals surface area contributed by atoms with Gasteiger partial charge in [0, 0.05) is 31.6 Å². The molecular weight excluding hydrogens is 418 g/mol. The summed E-state index contributed by atoms with van der Waals surface area (Å²) in [7, 11) is -3.66. The molecule has 2 heterocycles. The van der Waals surface area contributed by atoms with Gasteiger partial charge in [0.2, 0.25) is 27.8 Å². The van der Waals surface area contributed by atoms with Gasteiger partial charge in [-0.2, -0.15) is 4.31 Å². The Morgan fingerprint density at radius 1 is 1.03 bits per heavy atom. The number of hydrogen-bond acceptors (Lipinski definition) is 5. The van der Waals surface area contributed by atoms with Crippen molar-refractivity contribution in [3.05, 3.63) is 48.5 Å². The van der Waals surface area contributed by atoms with Gasteiger partial charge in [0.25, 0.3) is 0 Å². The zero-order chi connectivity index (χ0) is 22.0. The minimum Gasteiger partial charge on any atom is -0.326 e. The number of aromatic amines is 1. The Labute approximate surface area is 179 Å². The number of anilines is 2. The largest absolute Gasteiger partial charge is 0.326 e. The topological polar surface area (TPSA) is 124 Å². The average molecular weight is 442 g/mol. The number of rotatable bonds is 5. The number of nitrogens with zero attached hydrogens (tertiary/aromatic N) is 2. The van der Waals surface area contributed by atoms with Crippen LogP contribution in [0.2, 0.25) is 0 Å². The van der Waals surface area contributed by atoms with Crippen LogP contribution in [-0.4, -0.2) is 47.6 Å². The molecule has 0 bridgehead atoms. The van der Waals surface area contributed by atoms with Crippen LogP contribution in [0.4, 0.5) is 11.6 Å². The summed E-state index contributed by atoms with van der Waals surface area (Å²) in [6, 6.07) is 13.6. The van der Waals surface area contributed by atoms with E-state index in [1.807, 2.05) is 24.3 Å². The average Bonchev–Trinajstić information content (AvgIpc) is 3.16. The number of carbonyl (C=O) groups excluding carboxylic acids is 2. The molecule has 31 heavy (non-hydrogen) atoms. The predicted octanol–water partition coefficient (Wildman–Crippen LogP) is 2.56. The molecule has 162 valence electrons. The van der Waals surface area contributed by atoms with Gasteiger partial charge in [-0.15, -0.1) is 0 Å². The van der Waals surface area contributed by atoms with Crippen molar-refractivity contribution in [1.29, 1.82) is 0 Å². The number of H-pyrrole nitrogens is 1. The van der Waals surface area contributed by atoms with Gasteiger partial charge in [0.1, 0.15) is 0 Å². The molecule has 3 aromatic rings. The number of hydrogen-bond donors (Lipinski definition) is 3. The molecule has 2 amide bonds. The van der Waals surface area contributed by atoms with E-state index in [0.29, 0.717) is 24.5 Å². The number of benzene rings is 2. The van der Waals surface area contributed by atoms with Crippen molar-refractivity contribution in [1.82, 2.24) is 14.3 Å². The monoisotopic (exact) mass is 441 g/mol. The van der Waals surface area contributed by atoms with Crippen molar-refractivity contribution in [2.75, 3.05) is 23.7 Å². The molecule has 0 aliphatic carbocycles. The van der Waals surface area contributed by atoms with Gasteiger partial charge >= 0.3 is 0 Å². The van der Waals surface area contributed by atoms with Crippen molar-refractivity contribution in [3.8, 4) is 0 Å². The van der Waals surface area contributed by atoms with Gasteiger partial charge in [0.15, 0.2) is 0 Å². The lowest BCUT2D eigenvalue weighted by molar-refractivity contribution is -0.121. The molecule has 0 atom stereocenters. The molecule has 0 saturated carbocycles. The van der Waals surface area contributed by atoms with Crippen molar-refractivity contribution >= 4 is 44.5 Å². The first-order valence-electron chi connectivity index (χ1n) is 9.96. The molecule has 1 aromatic heterocycles. The van der Waals surface area contributed by atoms with Crippen LogP contribution in [0.15, 0.2) is 53.4 Å². The SMILES string of the molecule is CC(=O)Nc1ccc(S(=O)(=O)N2CCC(C(=O)Nc3nc4ccccc4[nH]3)CC2)cc1. The molecule has 1 aliphatic rings. The molecule has 10 heteroatoms. The highest BCUT2D eigenvalue weighted by Crippen LogP contribution is 2.26. The van der Waals surface area contributed by atoms with E-state index in [2.05, 4.69) is 20.6 Å². The number of nitrogens with one attached hydrogen (secondary N) is 3. The van der Waals surface area contributed by atoms with Gasteiger partial charge in [-0.1, -0.05) is 12.1 Å². The van der Waals surface area contributed by atoms with Crippen LogP contribution in [0.3, 0.4) is 0 Å². The number of fused-ring (bicyclic) bond motifs is 1. The van der Waals surface area contributed by atoms with Gasteiger partial charge in [-0.25, -0.2) is 13.4 Å². The Hall–Kier alpha value is -3.24. The summed E-state index contributed by atoms with van der Waals surface area (Å²) in [6.45, 7) is 1.90. The first-order valence-corrected chi connectivity index (χ1v) is 11.4. The summed E-state index contributed by atoms with van der Waals surface area (Å²) in [6.07, 6.45) is 0.852. The van der Waals surface area contributed by atoms with Gasteiger partial charge in [0.05, 0.1) is 15.9 Å². The van der Waals surface area contributed by atoms with Crippen LogP contribution in [0.25, 0.3) is 11.0 Å².